The highest BCUT2D eigenvalue weighted by Gasteiger charge is 2.44. The van der Waals surface area contributed by atoms with Crippen LogP contribution in [0.3, 0.4) is 0 Å². The van der Waals surface area contributed by atoms with Crippen LogP contribution in [0.2, 0.25) is 0 Å². The molecule has 2 aromatic carbocycles. The molecule has 0 amide bonds. The molecule has 2 unspecified atom stereocenters. The van der Waals surface area contributed by atoms with E-state index in [0.717, 1.165) is 58.1 Å². The van der Waals surface area contributed by atoms with E-state index in [4.69, 9.17) is 18.9 Å². The topological polar surface area (TPSA) is 57.2 Å². The Kier molecular flexibility index (Phi) is 3.89. The van der Waals surface area contributed by atoms with Gasteiger partial charge in [-0.2, -0.15) is 0 Å². The van der Waals surface area contributed by atoms with E-state index in [2.05, 4.69) is 11.9 Å². The number of ketones is 1. The lowest BCUT2D eigenvalue weighted by atomic mass is 9.88. The molecule has 2 atom stereocenters. The highest BCUT2D eigenvalue weighted by molar-refractivity contribution is 6.16. The molecule has 4 heterocycles. The van der Waals surface area contributed by atoms with Crippen molar-refractivity contribution in [2.24, 2.45) is 0 Å². The van der Waals surface area contributed by atoms with E-state index in [0.29, 0.717) is 0 Å². The standard InChI is InChI=1S/C24H21NO5/c1-25-18-4-5-19(25)17(9-15-3-7-21-23(11-15)30-13-28-21)24(26)16(18)8-14-2-6-20-22(10-14)29-12-27-20/h2-3,6-11,18-19H,4-5,12-13H2,1H3. The Balaban J connectivity index is 1.39. The first kappa shape index (κ1) is 17.6. The van der Waals surface area contributed by atoms with Crippen LogP contribution >= 0.6 is 0 Å². The minimum atomic E-state index is 0.121. The summed E-state index contributed by atoms with van der Waals surface area (Å²) in [6.07, 6.45) is 5.95. The van der Waals surface area contributed by atoms with Gasteiger partial charge in [0.25, 0.3) is 0 Å². The molecule has 6 rings (SSSR count). The average Bonchev–Trinajstić information content (AvgIpc) is 3.47. The monoisotopic (exact) mass is 403 g/mol. The van der Waals surface area contributed by atoms with Crippen molar-refractivity contribution >= 4 is 17.9 Å². The maximum atomic E-state index is 13.5. The lowest BCUT2D eigenvalue weighted by molar-refractivity contribution is -0.114. The normalized spacial score (nSPS) is 26.8. The van der Waals surface area contributed by atoms with Crippen LogP contribution in [0.15, 0.2) is 47.5 Å². The number of hydrogen-bond donors (Lipinski definition) is 0. The maximum Gasteiger partial charge on any atom is 0.231 e. The second-order valence-corrected chi connectivity index (χ2v) is 8.03. The molecule has 0 N–H and O–H groups in total. The average molecular weight is 403 g/mol. The minimum absolute atomic E-state index is 0.121. The van der Waals surface area contributed by atoms with Crippen LogP contribution in [0.25, 0.3) is 12.2 Å². The zero-order valence-corrected chi connectivity index (χ0v) is 16.6. The first-order valence-electron chi connectivity index (χ1n) is 10.2. The van der Waals surface area contributed by atoms with Crippen molar-refractivity contribution in [1.29, 1.82) is 0 Å². The third-order valence-corrected chi connectivity index (χ3v) is 6.38. The van der Waals surface area contributed by atoms with Gasteiger partial charge in [-0.15, -0.1) is 0 Å². The van der Waals surface area contributed by atoms with E-state index in [-0.39, 0.29) is 31.5 Å². The summed E-state index contributed by atoms with van der Waals surface area (Å²) in [5.41, 5.74) is 3.56. The summed E-state index contributed by atoms with van der Waals surface area (Å²) in [6, 6.07) is 11.9. The summed E-state index contributed by atoms with van der Waals surface area (Å²) in [5, 5.41) is 0. The number of likely N-dealkylation sites (N-methyl/N-ethyl adjacent to an activating group) is 1. The van der Waals surface area contributed by atoms with Gasteiger partial charge in [0.15, 0.2) is 28.8 Å². The highest BCUT2D eigenvalue weighted by atomic mass is 16.7. The summed E-state index contributed by atoms with van der Waals surface area (Å²) in [6.45, 7) is 0.480. The Hall–Kier alpha value is -3.25. The molecule has 6 nitrogen and oxygen atoms in total. The van der Waals surface area contributed by atoms with Gasteiger partial charge in [-0.05, 0) is 67.4 Å². The van der Waals surface area contributed by atoms with Crippen LogP contribution in [-0.4, -0.2) is 43.4 Å². The van der Waals surface area contributed by atoms with Crippen LogP contribution in [0, 0.1) is 0 Å². The van der Waals surface area contributed by atoms with E-state index in [1.54, 1.807) is 0 Å². The van der Waals surface area contributed by atoms with Gasteiger partial charge in [-0.3, -0.25) is 9.69 Å². The molecular weight excluding hydrogens is 382 g/mol. The van der Waals surface area contributed by atoms with E-state index < -0.39 is 0 Å². The van der Waals surface area contributed by atoms with E-state index in [1.165, 1.54) is 0 Å². The summed E-state index contributed by atoms with van der Waals surface area (Å²) < 4.78 is 21.8. The Bertz CT molecular complexity index is 1030. The van der Waals surface area contributed by atoms with Crippen molar-refractivity contribution in [2.45, 2.75) is 24.9 Å². The van der Waals surface area contributed by atoms with E-state index in [9.17, 15) is 4.79 Å². The van der Waals surface area contributed by atoms with Gasteiger partial charge in [0, 0.05) is 23.2 Å². The second kappa shape index (κ2) is 6.64. The molecule has 2 aromatic rings. The number of carbonyl (C=O) groups excluding carboxylic acids is 1. The predicted molar refractivity (Wildman–Crippen MR) is 111 cm³/mol. The Morgan fingerprint density at radius 3 is 1.73 bits per heavy atom. The molecule has 0 aliphatic carbocycles. The maximum absolute atomic E-state index is 13.5. The first-order chi connectivity index (χ1) is 14.7. The van der Waals surface area contributed by atoms with Gasteiger partial charge in [0.2, 0.25) is 13.6 Å². The number of benzene rings is 2. The molecule has 6 heteroatoms. The largest absolute Gasteiger partial charge is 0.454 e. The third-order valence-electron chi connectivity index (χ3n) is 6.38. The van der Waals surface area contributed by atoms with Crippen LogP contribution in [0.5, 0.6) is 23.0 Å². The second-order valence-electron chi connectivity index (χ2n) is 8.03. The fourth-order valence-electron chi connectivity index (χ4n) is 4.85. The van der Waals surface area contributed by atoms with Gasteiger partial charge < -0.3 is 18.9 Å². The zero-order valence-electron chi connectivity index (χ0n) is 16.6. The SMILES string of the molecule is CN1C2CCC1C(=Cc1ccc3c(c1)OCO3)C(=O)C2=Cc1ccc2c(c1)OCO2. The summed E-state index contributed by atoms with van der Waals surface area (Å²) in [4.78, 5) is 15.9. The van der Waals surface area contributed by atoms with Crippen LogP contribution in [0.4, 0.5) is 0 Å². The van der Waals surface area contributed by atoms with Crippen molar-refractivity contribution in [1.82, 2.24) is 4.90 Å². The molecule has 4 aliphatic heterocycles. The van der Waals surface area contributed by atoms with Crippen molar-refractivity contribution in [3.63, 3.8) is 0 Å². The lowest BCUT2D eigenvalue weighted by Crippen LogP contribution is -2.43. The number of nitrogens with zero attached hydrogens (tertiary/aromatic N) is 1. The van der Waals surface area contributed by atoms with Gasteiger partial charge in [0.05, 0.1) is 0 Å². The van der Waals surface area contributed by atoms with Gasteiger partial charge >= 0.3 is 0 Å². The van der Waals surface area contributed by atoms with Gasteiger partial charge in [-0.1, -0.05) is 12.1 Å². The summed E-state index contributed by atoms with van der Waals surface area (Å²) in [5.74, 6) is 3.06. The smallest absolute Gasteiger partial charge is 0.231 e. The number of rotatable bonds is 2. The van der Waals surface area contributed by atoms with E-state index >= 15 is 0 Å². The number of piperidine rings is 1. The quantitative estimate of drug-likeness (QED) is 0.714. The van der Waals surface area contributed by atoms with Crippen LogP contribution in [-0.2, 0) is 4.79 Å². The molecule has 2 saturated heterocycles. The van der Waals surface area contributed by atoms with Gasteiger partial charge in [0.1, 0.15) is 0 Å². The Morgan fingerprint density at radius 2 is 1.23 bits per heavy atom. The van der Waals surface area contributed by atoms with Gasteiger partial charge in [-0.25, -0.2) is 0 Å². The van der Waals surface area contributed by atoms with Crippen LogP contribution in [0.1, 0.15) is 24.0 Å². The van der Waals surface area contributed by atoms with Crippen LogP contribution < -0.4 is 18.9 Å². The molecule has 0 spiro atoms. The molecule has 30 heavy (non-hydrogen) atoms. The summed E-state index contributed by atoms with van der Waals surface area (Å²) in [7, 11) is 2.11. The number of ether oxygens (including phenoxy) is 4. The lowest BCUT2D eigenvalue weighted by Gasteiger charge is -2.34. The molecule has 0 saturated carbocycles. The van der Waals surface area contributed by atoms with Crippen molar-refractivity contribution in [3.8, 4) is 23.0 Å². The molecule has 2 bridgehead atoms. The molecular formula is C24H21NO5. The third kappa shape index (κ3) is 2.71. The number of carbonyl (C=O) groups is 1. The Labute approximate surface area is 174 Å². The van der Waals surface area contributed by atoms with Crippen molar-refractivity contribution in [2.75, 3.05) is 20.6 Å². The fraction of sp³-hybridized carbons (Fsp3) is 0.292. The molecule has 2 fully saturated rings. The van der Waals surface area contributed by atoms with Crippen molar-refractivity contribution in [3.05, 3.63) is 58.7 Å². The number of fused-ring (bicyclic) bond motifs is 4. The first-order valence-corrected chi connectivity index (χ1v) is 10.2. The summed E-state index contributed by atoms with van der Waals surface area (Å²) >= 11 is 0. The molecule has 0 aromatic heterocycles. The number of Topliss-reactive ketones (excluding diaryl/α,β-unsaturated/α-hetero) is 1. The number of hydrogen-bond acceptors (Lipinski definition) is 6. The fourth-order valence-corrected chi connectivity index (χ4v) is 4.85. The Morgan fingerprint density at radius 1 is 0.767 bits per heavy atom. The minimum Gasteiger partial charge on any atom is -0.454 e. The van der Waals surface area contributed by atoms with E-state index in [1.807, 2.05) is 48.6 Å². The molecule has 4 aliphatic rings. The molecule has 0 radical (unpaired) electrons. The highest BCUT2D eigenvalue weighted by Crippen LogP contribution is 2.42. The van der Waals surface area contributed by atoms with Crippen molar-refractivity contribution < 1.29 is 23.7 Å². The molecule has 152 valence electrons. The zero-order chi connectivity index (χ0) is 20.2. The predicted octanol–water partition coefficient (Wildman–Crippen LogP) is 3.66.